The maximum Gasteiger partial charge on any atom is 0.220 e. The van der Waals surface area contributed by atoms with Crippen molar-refractivity contribution in [1.29, 1.82) is 0 Å². The first-order chi connectivity index (χ1) is 10.6. The molecule has 1 aromatic carbocycles. The number of hydrogen-bond acceptors (Lipinski definition) is 3. The van der Waals surface area contributed by atoms with E-state index in [1.165, 1.54) is 5.56 Å². The largest absolute Gasteiger partial charge is 0.356 e. The SMILES string of the molecule is CC(C)C(CC(=O)NCCc1nncn1C)c1ccccc1. The third-order valence-electron chi connectivity index (χ3n) is 3.91. The number of amides is 1. The first kappa shape index (κ1) is 16.2. The maximum absolute atomic E-state index is 12.2. The van der Waals surface area contributed by atoms with Gasteiger partial charge in [0.1, 0.15) is 12.2 Å². The zero-order valence-corrected chi connectivity index (χ0v) is 13.5. The quantitative estimate of drug-likeness (QED) is 0.853. The molecule has 0 fully saturated rings. The van der Waals surface area contributed by atoms with Gasteiger partial charge < -0.3 is 9.88 Å². The zero-order chi connectivity index (χ0) is 15.9. The molecule has 0 aliphatic carbocycles. The fourth-order valence-electron chi connectivity index (χ4n) is 2.56. The van der Waals surface area contributed by atoms with Crippen LogP contribution in [0.4, 0.5) is 0 Å². The monoisotopic (exact) mass is 300 g/mol. The Morgan fingerprint density at radius 1 is 1.27 bits per heavy atom. The van der Waals surface area contributed by atoms with Gasteiger partial charge in [0.05, 0.1) is 0 Å². The molecule has 1 atom stereocenters. The van der Waals surface area contributed by atoms with Gasteiger partial charge in [0.15, 0.2) is 0 Å². The second-order valence-corrected chi connectivity index (χ2v) is 5.92. The number of nitrogens with one attached hydrogen (secondary N) is 1. The minimum Gasteiger partial charge on any atom is -0.356 e. The third kappa shape index (κ3) is 4.41. The van der Waals surface area contributed by atoms with Crippen molar-refractivity contribution in [3.8, 4) is 0 Å². The lowest BCUT2D eigenvalue weighted by atomic mass is 9.85. The summed E-state index contributed by atoms with van der Waals surface area (Å²) in [7, 11) is 1.90. The van der Waals surface area contributed by atoms with E-state index in [2.05, 4.69) is 41.5 Å². The van der Waals surface area contributed by atoms with Gasteiger partial charge in [-0.1, -0.05) is 44.2 Å². The second-order valence-electron chi connectivity index (χ2n) is 5.92. The van der Waals surface area contributed by atoms with Gasteiger partial charge in [-0.25, -0.2) is 0 Å². The number of carbonyl (C=O) groups is 1. The number of aromatic nitrogens is 3. The summed E-state index contributed by atoms with van der Waals surface area (Å²) in [6.07, 6.45) is 2.88. The van der Waals surface area contributed by atoms with Crippen LogP contribution in [0.5, 0.6) is 0 Å². The molecular weight excluding hydrogens is 276 g/mol. The molecule has 2 aromatic rings. The Balaban J connectivity index is 1.85. The molecule has 0 saturated carbocycles. The van der Waals surface area contributed by atoms with Gasteiger partial charge in [0.25, 0.3) is 0 Å². The summed E-state index contributed by atoms with van der Waals surface area (Å²) < 4.78 is 1.87. The van der Waals surface area contributed by atoms with Gasteiger partial charge in [-0.2, -0.15) is 0 Å². The van der Waals surface area contributed by atoms with Crippen molar-refractivity contribution < 1.29 is 4.79 Å². The van der Waals surface area contributed by atoms with Crippen LogP contribution >= 0.6 is 0 Å². The Morgan fingerprint density at radius 3 is 2.59 bits per heavy atom. The molecule has 1 heterocycles. The Morgan fingerprint density at radius 2 is 2.00 bits per heavy atom. The Hall–Kier alpha value is -2.17. The average molecular weight is 300 g/mol. The van der Waals surface area contributed by atoms with E-state index in [9.17, 15) is 4.79 Å². The molecule has 1 N–H and O–H groups in total. The number of benzene rings is 1. The number of aryl methyl sites for hydroxylation is 1. The van der Waals surface area contributed by atoms with Crippen molar-refractivity contribution in [2.45, 2.75) is 32.6 Å². The van der Waals surface area contributed by atoms with Gasteiger partial charge >= 0.3 is 0 Å². The standard InChI is InChI=1S/C17H24N4O/c1-13(2)15(14-7-5-4-6-8-14)11-17(22)18-10-9-16-20-19-12-21(16)3/h4-8,12-13,15H,9-11H2,1-3H3,(H,18,22). The molecule has 0 aliphatic heterocycles. The zero-order valence-electron chi connectivity index (χ0n) is 13.5. The number of rotatable bonds is 7. The highest BCUT2D eigenvalue weighted by atomic mass is 16.1. The molecule has 5 nitrogen and oxygen atoms in total. The van der Waals surface area contributed by atoms with Gasteiger partial charge in [-0.05, 0) is 17.4 Å². The van der Waals surface area contributed by atoms with Crippen molar-refractivity contribution in [1.82, 2.24) is 20.1 Å². The van der Waals surface area contributed by atoms with E-state index in [1.807, 2.05) is 29.8 Å². The minimum atomic E-state index is 0.0877. The third-order valence-corrected chi connectivity index (χ3v) is 3.91. The lowest BCUT2D eigenvalue weighted by Crippen LogP contribution is -2.28. The van der Waals surface area contributed by atoms with Crippen LogP contribution in [0.1, 0.15) is 37.6 Å². The summed E-state index contributed by atoms with van der Waals surface area (Å²) in [5.41, 5.74) is 1.22. The summed E-state index contributed by atoms with van der Waals surface area (Å²) >= 11 is 0. The maximum atomic E-state index is 12.2. The molecule has 0 radical (unpaired) electrons. The lowest BCUT2D eigenvalue weighted by Gasteiger charge is -2.21. The van der Waals surface area contributed by atoms with E-state index in [4.69, 9.17) is 0 Å². The molecule has 0 spiro atoms. The predicted octanol–water partition coefficient (Wildman–Crippen LogP) is 2.30. The molecule has 0 bridgehead atoms. The summed E-state index contributed by atoms with van der Waals surface area (Å²) in [5.74, 6) is 1.64. The van der Waals surface area contributed by atoms with E-state index in [1.54, 1.807) is 6.33 Å². The summed E-state index contributed by atoms with van der Waals surface area (Å²) in [5, 5.41) is 10.8. The normalized spacial score (nSPS) is 12.4. The number of nitrogens with zero attached hydrogens (tertiary/aromatic N) is 3. The van der Waals surface area contributed by atoms with Crippen LogP contribution < -0.4 is 5.32 Å². The lowest BCUT2D eigenvalue weighted by molar-refractivity contribution is -0.121. The number of carbonyl (C=O) groups excluding carboxylic acids is 1. The molecule has 1 aromatic heterocycles. The first-order valence-electron chi connectivity index (χ1n) is 7.72. The molecule has 118 valence electrons. The minimum absolute atomic E-state index is 0.0877. The van der Waals surface area contributed by atoms with Gasteiger partial charge in [0, 0.05) is 26.4 Å². The van der Waals surface area contributed by atoms with Crippen molar-refractivity contribution in [2.75, 3.05) is 6.54 Å². The molecule has 22 heavy (non-hydrogen) atoms. The molecule has 0 saturated heterocycles. The van der Waals surface area contributed by atoms with Crippen molar-refractivity contribution >= 4 is 5.91 Å². The van der Waals surface area contributed by atoms with Gasteiger partial charge in [-0.3, -0.25) is 4.79 Å². The van der Waals surface area contributed by atoms with E-state index < -0.39 is 0 Å². The molecule has 1 unspecified atom stereocenters. The van der Waals surface area contributed by atoms with Crippen LogP contribution in [0.15, 0.2) is 36.7 Å². The Labute approximate surface area is 131 Å². The van der Waals surface area contributed by atoms with E-state index in [-0.39, 0.29) is 11.8 Å². The van der Waals surface area contributed by atoms with Gasteiger partial charge in [0.2, 0.25) is 5.91 Å². The van der Waals surface area contributed by atoms with Crippen LogP contribution in [-0.4, -0.2) is 27.2 Å². The van der Waals surface area contributed by atoms with Crippen LogP contribution in [0.2, 0.25) is 0 Å². The smallest absolute Gasteiger partial charge is 0.220 e. The van der Waals surface area contributed by atoms with E-state index in [0.29, 0.717) is 25.3 Å². The average Bonchev–Trinajstić information content (AvgIpc) is 2.91. The Kier molecular flexibility index (Phi) is 5.69. The van der Waals surface area contributed by atoms with Crippen LogP contribution in [0.3, 0.4) is 0 Å². The van der Waals surface area contributed by atoms with Crippen LogP contribution in [0, 0.1) is 5.92 Å². The first-order valence-corrected chi connectivity index (χ1v) is 7.72. The number of hydrogen-bond donors (Lipinski definition) is 1. The van der Waals surface area contributed by atoms with Gasteiger partial charge in [-0.15, -0.1) is 10.2 Å². The molecule has 1 amide bonds. The topological polar surface area (TPSA) is 59.8 Å². The van der Waals surface area contributed by atoms with Crippen molar-refractivity contribution in [2.24, 2.45) is 13.0 Å². The summed E-state index contributed by atoms with van der Waals surface area (Å²) in [6.45, 7) is 4.90. The molecule has 2 rings (SSSR count). The summed E-state index contributed by atoms with van der Waals surface area (Å²) in [4.78, 5) is 12.2. The second kappa shape index (κ2) is 7.73. The molecular formula is C17H24N4O. The van der Waals surface area contributed by atoms with E-state index >= 15 is 0 Å². The van der Waals surface area contributed by atoms with E-state index in [0.717, 1.165) is 5.82 Å². The fourth-order valence-corrected chi connectivity index (χ4v) is 2.56. The highest BCUT2D eigenvalue weighted by molar-refractivity contribution is 5.76. The predicted molar refractivity (Wildman–Crippen MR) is 86.4 cm³/mol. The molecule has 5 heteroatoms. The molecule has 0 aliphatic rings. The highest BCUT2D eigenvalue weighted by Crippen LogP contribution is 2.27. The van der Waals surface area contributed by atoms with Crippen molar-refractivity contribution in [3.63, 3.8) is 0 Å². The van der Waals surface area contributed by atoms with Crippen LogP contribution in [0.25, 0.3) is 0 Å². The summed E-state index contributed by atoms with van der Waals surface area (Å²) in [6, 6.07) is 10.2. The van der Waals surface area contributed by atoms with Crippen molar-refractivity contribution in [3.05, 3.63) is 48.0 Å². The fraction of sp³-hybridized carbons (Fsp3) is 0.471. The Bertz CT molecular complexity index is 592. The highest BCUT2D eigenvalue weighted by Gasteiger charge is 2.19. The van der Waals surface area contributed by atoms with Crippen LogP contribution in [-0.2, 0) is 18.3 Å².